The molecule has 2 aliphatic heterocycles. The second-order valence-corrected chi connectivity index (χ2v) is 7.87. The average Bonchev–Trinajstić information content (AvgIpc) is 2.95. The largest absolute Gasteiger partial charge is 0.390 e. The Bertz CT molecular complexity index is 496. The van der Waals surface area contributed by atoms with Crippen molar-refractivity contribution in [1.82, 2.24) is 4.90 Å². The molecule has 1 amide bonds. The SMILES string of the molecule is C=CCC12OC3C(O)C4CC3C1C4C(=O)N2C(C)(C)C. The number of nitrogens with zero attached hydrogens (tertiary/aromatic N) is 1. The lowest BCUT2D eigenvalue weighted by Crippen LogP contribution is -2.58. The molecule has 7 unspecified atom stereocenters. The Morgan fingerprint density at radius 1 is 1.50 bits per heavy atom. The van der Waals surface area contributed by atoms with Gasteiger partial charge < -0.3 is 14.7 Å². The maximum absolute atomic E-state index is 13.0. The smallest absolute Gasteiger partial charge is 0.229 e. The van der Waals surface area contributed by atoms with E-state index in [-0.39, 0.29) is 35.3 Å². The number of hydrogen-bond acceptors (Lipinski definition) is 3. The topological polar surface area (TPSA) is 49.8 Å². The minimum Gasteiger partial charge on any atom is -0.390 e. The second-order valence-electron chi connectivity index (χ2n) is 7.87. The number of likely N-dealkylation sites (tertiary alicyclic amines) is 1. The molecule has 110 valence electrons. The fraction of sp³-hybridized carbons (Fsp3) is 0.812. The minimum atomic E-state index is -0.566. The molecule has 0 aromatic carbocycles. The first-order chi connectivity index (χ1) is 9.33. The van der Waals surface area contributed by atoms with Crippen molar-refractivity contribution < 1.29 is 14.6 Å². The van der Waals surface area contributed by atoms with E-state index in [2.05, 4.69) is 27.4 Å². The van der Waals surface area contributed by atoms with Crippen LogP contribution < -0.4 is 0 Å². The highest BCUT2D eigenvalue weighted by atomic mass is 16.6. The Labute approximate surface area is 119 Å². The van der Waals surface area contributed by atoms with Crippen LogP contribution in [0.3, 0.4) is 0 Å². The molecule has 20 heavy (non-hydrogen) atoms. The Balaban J connectivity index is 1.88. The van der Waals surface area contributed by atoms with Crippen LogP contribution in [0.5, 0.6) is 0 Å². The number of aliphatic hydroxyl groups is 1. The van der Waals surface area contributed by atoms with Crippen LogP contribution in [-0.2, 0) is 9.53 Å². The van der Waals surface area contributed by atoms with Gasteiger partial charge in [0, 0.05) is 17.9 Å². The van der Waals surface area contributed by atoms with Gasteiger partial charge in [-0.1, -0.05) is 6.08 Å². The van der Waals surface area contributed by atoms with Crippen LogP contribution in [0.4, 0.5) is 0 Å². The maximum atomic E-state index is 13.0. The van der Waals surface area contributed by atoms with Gasteiger partial charge in [-0.25, -0.2) is 0 Å². The molecule has 4 fully saturated rings. The van der Waals surface area contributed by atoms with Crippen LogP contribution in [-0.4, -0.2) is 39.4 Å². The normalized spacial score (nSPS) is 52.2. The number of hydrogen-bond donors (Lipinski definition) is 1. The van der Waals surface area contributed by atoms with E-state index in [1.807, 2.05) is 11.0 Å². The molecule has 2 bridgehead atoms. The van der Waals surface area contributed by atoms with E-state index in [0.29, 0.717) is 12.3 Å². The first-order valence-corrected chi connectivity index (χ1v) is 7.64. The van der Waals surface area contributed by atoms with Crippen LogP contribution in [0, 0.1) is 23.7 Å². The van der Waals surface area contributed by atoms with E-state index in [4.69, 9.17) is 4.74 Å². The van der Waals surface area contributed by atoms with Gasteiger partial charge in [-0.2, -0.15) is 0 Å². The van der Waals surface area contributed by atoms with Crippen molar-refractivity contribution in [3.63, 3.8) is 0 Å². The summed E-state index contributed by atoms with van der Waals surface area (Å²) >= 11 is 0. The number of carbonyl (C=O) groups is 1. The zero-order chi connectivity index (χ0) is 14.4. The molecule has 4 nitrogen and oxygen atoms in total. The van der Waals surface area contributed by atoms with Gasteiger partial charge in [0.2, 0.25) is 5.91 Å². The quantitative estimate of drug-likeness (QED) is 0.779. The lowest BCUT2D eigenvalue weighted by molar-refractivity contribution is -0.193. The molecule has 2 saturated carbocycles. The lowest BCUT2D eigenvalue weighted by atomic mass is 9.76. The summed E-state index contributed by atoms with van der Waals surface area (Å²) in [6, 6.07) is 0. The molecule has 0 spiro atoms. The van der Waals surface area contributed by atoms with E-state index in [0.717, 1.165) is 6.42 Å². The summed E-state index contributed by atoms with van der Waals surface area (Å²) in [5, 5.41) is 10.4. The summed E-state index contributed by atoms with van der Waals surface area (Å²) in [6.45, 7) is 10.1. The highest BCUT2D eigenvalue weighted by Gasteiger charge is 2.78. The van der Waals surface area contributed by atoms with Crippen molar-refractivity contribution in [3.8, 4) is 0 Å². The zero-order valence-corrected chi connectivity index (χ0v) is 12.4. The van der Waals surface area contributed by atoms with Crippen LogP contribution in [0.2, 0.25) is 0 Å². The van der Waals surface area contributed by atoms with Crippen LogP contribution in [0.25, 0.3) is 0 Å². The molecular weight excluding hydrogens is 254 g/mol. The third kappa shape index (κ3) is 1.15. The van der Waals surface area contributed by atoms with E-state index < -0.39 is 11.8 Å². The van der Waals surface area contributed by atoms with Gasteiger partial charge in [0.1, 0.15) is 0 Å². The van der Waals surface area contributed by atoms with E-state index in [1.165, 1.54) is 0 Å². The Morgan fingerprint density at radius 3 is 2.80 bits per heavy atom. The van der Waals surface area contributed by atoms with E-state index in [1.54, 1.807) is 0 Å². The summed E-state index contributed by atoms with van der Waals surface area (Å²) < 4.78 is 6.36. The molecule has 7 atom stereocenters. The summed E-state index contributed by atoms with van der Waals surface area (Å²) in [4.78, 5) is 14.9. The monoisotopic (exact) mass is 277 g/mol. The van der Waals surface area contributed by atoms with Crippen molar-refractivity contribution in [2.24, 2.45) is 23.7 Å². The van der Waals surface area contributed by atoms with Gasteiger partial charge >= 0.3 is 0 Å². The average molecular weight is 277 g/mol. The third-order valence-corrected chi connectivity index (χ3v) is 5.90. The molecule has 2 aliphatic carbocycles. The van der Waals surface area contributed by atoms with Crippen molar-refractivity contribution in [2.75, 3.05) is 0 Å². The first-order valence-electron chi connectivity index (χ1n) is 7.64. The van der Waals surface area contributed by atoms with Crippen molar-refractivity contribution in [3.05, 3.63) is 12.7 Å². The lowest BCUT2D eigenvalue weighted by Gasteiger charge is -2.46. The predicted molar refractivity (Wildman–Crippen MR) is 73.6 cm³/mol. The maximum Gasteiger partial charge on any atom is 0.229 e. The summed E-state index contributed by atoms with van der Waals surface area (Å²) in [7, 11) is 0. The van der Waals surface area contributed by atoms with Gasteiger partial charge in [-0.15, -0.1) is 6.58 Å². The van der Waals surface area contributed by atoms with Crippen LogP contribution in [0.15, 0.2) is 12.7 Å². The number of ether oxygens (including phenoxy) is 1. The van der Waals surface area contributed by atoms with Gasteiger partial charge in [0.15, 0.2) is 5.72 Å². The molecule has 4 heteroatoms. The molecule has 4 aliphatic rings. The van der Waals surface area contributed by atoms with Gasteiger partial charge in [-0.3, -0.25) is 4.79 Å². The van der Waals surface area contributed by atoms with Crippen LogP contribution in [0.1, 0.15) is 33.6 Å². The summed E-state index contributed by atoms with van der Waals surface area (Å²) in [5.41, 5.74) is -0.833. The number of fused-ring (bicyclic) bond motifs is 2. The number of amides is 1. The fourth-order valence-electron chi connectivity index (χ4n) is 5.67. The molecule has 1 N–H and O–H groups in total. The molecular formula is C16H23NO3. The fourth-order valence-corrected chi connectivity index (χ4v) is 5.67. The summed E-state index contributed by atoms with van der Waals surface area (Å²) in [6.07, 6.45) is 2.92. The zero-order valence-electron chi connectivity index (χ0n) is 12.4. The number of carbonyl (C=O) groups excluding carboxylic acids is 1. The van der Waals surface area contributed by atoms with Crippen molar-refractivity contribution >= 4 is 5.91 Å². The Hall–Kier alpha value is -0.870. The molecule has 4 rings (SSSR count). The van der Waals surface area contributed by atoms with Crippen molar-refractivity contribution in [2.45, 2.75) is 57.1 Å². The number of rotatable bonds is 2. The Morgan fingerprint density at radius 2 is 2.20 bits per heavy atom. The summed E-state index contributed by atoms with van der Waals surface area (Å²) in [5.74, 6) is 0.811. The van der Waals surface area contributed by atoms with Gasteiger partial charge in [-0.05, 0) is 39.0 Å². The van der Waals surface area contributed by atoms with Crippen LogP contribution >= 0.6 is 0 Å². The highest BCUT2D eigenvalue weighted by molar-refractivity contribution is 5.85. The predicted octanol–water partition coefficient (Wildman–Crippen LogP) is 1.54. The second kappa shape index (κ2) is 3.47. The first kappa shape index (κ1) is 12.8. The van der Waals surface area contributed by atoms with E-state index in [9.17, 15) is 9.90 Å². The van der Waals surface area contributed by atoms with Crippen molar-refractivity contribution in [1.29, 1.82) is 0 Å². The minimum absolute atomic E-state index is 0.0482. The molecule has 2 saturated heterocycles. The van der Waals surface area contributed by atoms with Gasteiger partial charge in [0.05, 0.1) is 18.1 Å². The van der Waals surface area contributed by atoms with Gasteiger partial charge in [0.25, 0.3) is 0 Å². The highest BCUT2D eigenvalue weighted by Crippen LogP contribution is 2.69. The third-order valence-electron chi connectivity index (χ3n) is 5.90. The standard InChI is InChI=1S/C16H23NO3/c1-5-6-16-11-9-7-8(12(18)13(9)20-16)10(11)14(19)17(16)15(2,3)4/h5,8-13,18H,1,6-7H2,2-4H3. The molecule has 2 heterocycles. The molecule has 0 aromatic rings. The number of aliphatic hydroxyl groups excluding tert-OH is 1. The van der Waals surface area contributed by atoms with E-state index >= 15 is 0 Å². The molecule has 0 radical (unpaired) electrons. The Kier molecular flexibility index (Phi) is 2.23. The molecule has 0 aromatic heterocycles.